The predicted molar refractivity (Wildman–Crippen MR) is 126 cm³/mol. The minimum absolute atomic E-state index is 0. The number of ether oxygens (including phenoxy) is 1. The highest BCUT2D eigenvalue weighted by Gasteiger charge is 2.27. The van der Waals surface area contributed by atoms with Crippen LogP contribution in [0.2, 0.25) is 0 Å². The summed E-state index contributed by atoms with van der Waals surface area (Å²) in [6, 6.07) is 0. The van der Waals surface area contributed by atoms with Gasteiger partial charge in [0.1, 0.15) is 6.54 Å². The first-order valence-corrected chi connectivity index (χ1v) is 10.6. The van der Waals surface area contributed by atoms with Crippen LogP contribution in [0.1, 0.15) is 45.4 Å². The third-order valence-electron chi connectivity index (χ3n) is 5.37. The maximum absolute atomic E-state index is 12.6. The Labute approximate surface area is 191 Å². The lowest BCUT2D eigenvalue weighted by atomic mass is 10.1. The molecule has 1 aliphatic heterocycles. The van der Waals surface area contributed by atoms with E-state index in [0.717, 1.165) is 24.7 Å². The first-order valence-electron chi connectivity index (χ1n) is 10.6. The van der Waals surface area contributed by atoms with Gasteiger partial charge in [0.25, 0.3) is 0 Å². The summed E-state index contributed by atoms with van der Waals surface area (Å²) in [4.78, 5) is 21.2. The lowest BCUT2D eigenvalue weighted by Gasteiger charge is -2.35. The molecule has 1 aliphatic carbocycles. The molecule has 1 saturated carbocycles. The summed E-state index contributed by atoms with van der Waals surface area (Å²) in [5.74, 6) is 0.866. The lowest BCUT2D eigenvalue weighted by molar-refractivity contribution is -0.120. The molecule has 0 spiro atoms. The van der Waals surface area contributed by atoms with E-state index in [9.17, 15) is 4.79 Å². The Kier molecular flexibility index (Phi) is 10.2. The van der Waals surface area contributed by atoms with Gasteiger partial charge in [-0.3, -0.25) is 14.5 Å². The highest BCUT2D eigenvalue weighted by Crippen LogP contribution is 2.19. The molecule has 0 atom stereocenters. The third kappa shape index (κ3) is 7.13. The van der Waals surface area contributed by atoms with E-state index in [1.54, 1.807) is 15.8 Å². The van der Waals surface area contributed by atoms with Gasteiger partial charge in [0, 0.05) is 32.9 Å². The smallest absolute Gasteiger partial charge is 0.246 e. The molecule has 0 unspecified atom stereocenters. The van der Waals surface area contributed by atoms with Crippen molar-refractivity contribution >= 4 is 41.5 Å². The predicted octanol–water partition coefficient (Wildman–Crippen LogP) is 2.39. The van der Waals surface area contributed by atoms with Gasteiger partial charge in [0.2, 0.25) is 5.91 Å². The summed E-state index contributed by atoms with van der Waals surface area (Å²) in [6.07, 6.45) is 11.6. The molecule has 2 heterocycles. The van der Waals surface area contributed by atoms with Crippen molar-refractivity contribution in [2.24, 2.45) is 12.0 Å². The van der Waals surface area contributed by atoms with Gasteiger partial charge in [-0.15, -0.1) is 24.0 Å². The zero-order valence-electron chi connectivity index (χ0n) is 17.7. The first kappa shape index (κ1) is 23.9. The molecule has 0 bridgehead atoms. The zero-order valence-corrected chi connectivity index (χ0v) is 20.0. The minimum Gasteiger partial charge on any atom is -0.376 e. The molecule has 164 valence electrons. The third-order valence-corrected chi connectivity index (χ3v) is 5.37. The lowest BCUT2D eigenvalue weighted by Crippen LogP contribution is -2.55. The molecule has 2 fully saturated rings. The van der Waals surface area contributed by atoms with Crippen molar-refractivity contribution in [1.29, 1.82) is 0 Å². The average molecular weight is 518 g/mol. The number of nitrogens with zero attached hydrogens (tertiary/aromatic N) is 5. The van der Waals surface area contributed by atoms with Crippen LogP contribution in [0.4, 0.5) is 5.69 Å². The SMILES string of the molecule is CCNC(=NCCOC1CCCCCC1)N1CCN(c2cnn(C)c2)C(=O)C1.I. The standard InChI is InChI=1S/C20H34N6O2.HI/c1-3-21-20(22-10-13-28-18-8-6-4-5-7-9-18)25-11-12-26(19(27)16-25)17-14-23-24(2)15-17;/h14-15,18H,3-13,16H2,1-2H3,(H,21,22);1H. The minimum atomic E-state index is 0. The Bertz CT molecular complexity index is 657. The summed E-state index contributed by atoms with van der Waals surface area (Å²) in [5, 5.41) is 7.48. The van der Waals surface area contributed by atoms with Crippen molar-refractivity contribution < 1.29 is 9.53 Å². The van der Waals surface area contributed by atoms with Crippen LogP contribution in [0.15, 0.2) is 17.4 Å². The molecular weight excluding hydrogens is 483 g/mol. The molecule has 1 aromatic heterocycles. The second-order valence-electron chi connectivity index (χ2n) is 7.56. The van der Waals surface area contributed by atoms with Gasteiger partial charge in [-0.2, -0.15) is 5.10 Å². The van der Waals surface area contributed by atoms with E-state index in [2.05, 4.69) is 10.4 Å². The Morgan fingerprint density at radius 2 is 2.03 bits per heavy atom. The second kappa shape index (κ2) is 12.4. The van der Waals surface area contributed by atoms with Gasteiger partial charge in [0.05, 0.1) is 31.1 Å². The second-order valence-corrected chi connectivity index (χ2v) is 7.56. The number of aryl methyl sites for hydroxylation is 1. The van der Waals surface area contributed by atoms with Crippen LogP contribution in [0.25, 0.3) is 0 Å². The summed E-state index contributed by atoms with van der Waals surface area (Å²) >= 11 is 0. The van der Waals surface area contributed by atoms with E-state index in [0.29, 0.717) is 32.3 Å². The van der Waals surface area contributed by atoms with Gasteiger partial charge >= 0.3 is 0 Å². The van der Waals surface area contributed by atoms with Crippen LogP contribution in [0.5, 0.6) is 0 Å². The van der Waals surface area contributed by atoms with Crippen molar-refractivity contribution in [1.82, 2.24) is 20.0 Å². The summed E-state index contributed by atoms with van der Waals surface area (Å²) in [6.45, 7) is 5.79. The molecule has 29 heavy (non-hydrogen) atoms. The van der Waals surface area contributed by atoms with E-state index >= 15 is 0 Å². The molecule has 0 aromatic carbocycles. The van der Waals surface area contributed by atoms with Gasteiger partial charge in [-0.25, -0.2) is 0 Å². The van der Waals surface area contributed by atoms with Crippen molar-refractivity contribution in [2.45, 2.75) is 51.6 Å². The van der Waals surface area contributed by atoms with E-state index in [1.165, 1.54) is 38.5 Å². The summed E-state index contributed by atoms with van der Waals surface area (Å²) < 4.78 is 7.76. The number of hydrogen-bond acceptors (Lipinski definition) is 4. The molecule has 9 heteroatoms. The topological polar surface area (TPSA) is 75.0 Å². The quantitative estimate of drug-likeness (QED) is 0.206. The molecular formula is C20H35IN6O2. The molecule has 1 amide bonds. The maximum Gasteiger partial charge on any atom is 0.246 e. The van der Waals surface area contributed by atoms with Crippen molar-refractivity contribution in [2.75, 3.05) is 44.2 Å². The highest BCUT2D eigenvalue weighted by molar-refractivity contribution is 14.0. The van der Waals surface area contributed by atoms with Crippen LogP contribution < -0.4 is 10.2 Å². The van der Waals surface area contributed by atoms with E-state index in [1.807, 2.05) is 25.1 Å². The highest BCUT2D eigenvalue weighted by atomic mass is 127. The molecule has 1 N–H and O–H groups in total. The number of carbonyl (C=O) groups excluding carboxylic acids is 1. The number of rotatable bonds is 6. The van der Waals surface area contributed by atoms with E-state index < -0.39 is 0 Å². The Hall–Kier alpha value is -1.36. The number of aromatic nitrogens is 2. The van der Waals surface area contributed by atoms with Crippen molar-refractivity contribution in [3.8, 4) is 0 Å². The van der Waals surface area contributed by atoms with Gasteiger partial charge < -0.3 is 19.9 Å². The van der Waals surface area contributed by atoms with Crippen LogP contribution in [-0.4, -0.2) is 72.0 Å². The fraction of sp³-hybridized carbons (Fsp3) is 0.750. The van der Waals surface area contributed by atoms with E-state index in [4.69, 9.17) is 9.73 Å². The Morgan fingerprint density at radius 1 is 1.28 bits per heavy atom. The number of piperazine rings is 1. The maximum atomic E-state index is 12.6. The zero-order chi connectivity index (χ0) is 19.8. The number of amides is 1. The number of halogens is 1. The van der Waals surface area contributed by atoms with Gasteiger partial charge in [-0.05, 0) is 19.8 Å². The molecule has 0 radical (unpaired) electrons. The molecule has 1 aromatic rings. The first-order chi connectivity index (χ1) is 13.7. The average Bonchev–Trinajstić information content (AvgIpc) is 2.95. The Balaban J connectivity index is 0.00000300. The number of hydrogen-bond donors (Lipinski definition) is 1. The van der Waals surface area contributed by atoms with E-state index in [-0.39, 0.29) is 29.9 Å². The monoisotopic (exact) mass is 518 g/mol. The summed E-state index contributed by atoms with van der Waals surface area (Å²) in [7, 11) is 1.86. The normalized spacial score (nSPS) is 19.1. The van der Waals surface area contributed by atoms with Gasteiger partial charge in [-0.1, -0.05) is 25.7 Å². The number of guanidine groups is 1. The Morgan fingerprint density at radius 3 is 2.66 bits per heavy atom. The van der Waals surface area contributed by atoms with Crippen LogP contribution >= 0.6 is 24.0 Å². The van der Waals surface area contributed by atoms with Crippen LogP contribution in [0.3, 0.4) is 0 Å². The number of nitrogens with one attached hydrogen (secondary N) is 1. The molecule has 8 nitrogen and oxygen atoms in total. The van der Waals surface area contributed by atoms with Crippen molar-refractivity contribution in [3.05, 3.63) is 12.4 Å². The number of anilines is 1. The van der Waals surface area contributed by atoms with Crippen LogP contribution in [0, 0.1) is 0 Å². The fourth-order valence-corrected chi connectivity index (χ4v) is 3.88. The summed E-state index contributed by atoms with van der Waals surface area (Å²) in [5.41, 5.74) is 0.853. The molecule has 2 aliphatic rings. The van der Waals surface area contributed by atoms with Gasteiger partial charge in [0.15, 0.2) is 5.96 Å². The molecule has 1 saturated heterocycles. The fourth-order valence-electron chi connectivity index (χ4n) is 3.88. The number of carbonyl (C=O) groups is 1. The number of aliphatic imine (C=N–C) groups is 1. The van der Waals surface area contributed by atoms with Crippen molar-refractivity contribution in [3.63, 3.8) is 0 Å². The molecule has 3 rings (SSSR count). The van der Waals surface area contributed by atoms with Crippen LogP contribution in [-0.2, 0) is 16.6 Å². The largest absolute Gasteiger partial charge is 0.376 e.